The lowest BCUT2D eigenvalue weighted by molar-refractivity contribution is 0.222. The largest absolute Gasteiger partial charge is 0.384 e. The van der Waals surface area contributed by atoms with Crippen LogP contribution in [-0.2, 0) is 0 Å². The molecule has 0 amide bonds. The Labute approximate surface area is 115 Å². The van der Waals surface area contributed by atoms with Crippen molar-refractivity contribution in [3.8, 4) is 0 Å². The van der Waals surface area contributed by atoms with Gasteiger partial charge in [-0.3, -0.25) is 0 Å². The Morgan fingerprint density at radius 2 is 1.88 bits per heavy atom. The van der Waals surface area contributed by atoms with Gasteiger partial charge in [-0.05, 0) is 38.1 Å². The van der Waals surface area contributed by atoms with E-state index in [-0.39, 0.29) is 0 Å². The minimum Gasteiger partial charge on any atom is -0.384 e. The molecule has 1 unspecified atom stereocenters. The standard InChI is InChI=1S/C13H9BrOS2/c14-11-7-16-5-10(11)13(15)9-6-17-12-4-2-1-3-8(9)12/h1-7,13,15H. The smallest absolute Gasteiger partial charge is 0.107 e. The summed E-state index contributed by atoms with van der Waals surface area (Å²) in [6.45, 7) is 0. The van der Waals surface area contributed by atoms with Gasteiger partial charge in [-0.15, -0.1) is 11.3 Å². The molecule has 0 saturated carbocycles. The van der Waals surface area contributed by atoms with Crippen LogP contribution in [0.1, 0.15) is 17.2 Å². The van der Waals surface area contributed by atoms with Crippen LogP contribution in [0.2, 0.25) is 0 Å². The van der Waals surface area contributed by atoms with Crippen LogP contribution >= 0.6 is 38.6 Å². The van der Waals surface area contributed by atoms with Gasteiger partial charge in [-0.1, -0.05) is 18.2 Å². The van der Waals surface area contributed by atoms with E-state index >= 15 is 0 Å². The van der Waals surface area contributed by atoms with Crippen molar-refractivity contribution < 1.29 is 5.11 Å². The molecule has 0 aliphatic carbocycles. The maximum absolute atomic E-state index is 10.4. The minimum atomic E-state index is -0.549. The summed E-state index contributed by atoms with van der Waals surface area (Å²) in [5, 5.41) is 17.6. The summed E-state index contributed by atoms with van der Waals surface area (Å²) < 4.78 is 2.19. The highest BCUT2D eigenvalue weighted by Gasteiger charge is 2.17. The van der Waals surface area contributed by atoms with E-state index in [0.29, 0.717) is 0 Å². The first kappa shape index (κ1) is 11.4. The molecule has 2 aromatic heterocycles. The third-order valence-electron chi connectivity index (χ3n) is 2.74. The zero-order chi connectivity index (χ0) is 11.8. The second kappa shape index (κ2) is 4.53. The minimum absolute atomic E-state index is 0.549. The molecule has 0 aliphatic heterocycles. The molecule has 0 spiro atoms. The van der Waals surface area contributed by atoms with Gasteiger partial charge in [0.05, 0.1) is 0 Å². The zero-order valence-corrected chi connectivity index (χ0v) is 12.0. The third-order valence-corrected chi connectivity index (χ3v) is 5.48. The van der Waals surface area contributed by atoms with E-state index in [1.165, 1.54) is 4.70 Å². The molecule has 1 N–H and O–H groups in total. The average Bonchev–Trinajstić information content (AvgIpc) is 2.94. The molecule has 86 valence electrons. The second-order valence-corrected chi connectivity index (χ2v) is 6.27. The molecule has 2 heterocycles. The molecular formula is C13H9BrOS2. The molecule has 0 fully saturated rings. The van der Waals surface area contributed by atoms with E-state index in [4.69, 9.17) is 0 Å². The van der Waals surface area contributed by atoms with Crippen molar-refractivity contribution in [2.24, 2.45) is 0 Å². The molecule has 1 nitrogen and oxygen atoms in total. The van der Waals surface area contributed by atoms with Crippen molar-refractivity contribution >= 4 is 48.7 Å². The van der Waals surface area contributed by atoms with E-state index in [9.17, 15) is 5.11 Å². The highest BCUT2D eigenvalue weighted by atomic mass is 79.9. The van der Waals surface area contributed by atoms with Crippen molar-refractivity contribution in [3.05, 3.63) is 56.0 Å². The Kier molecular flexibility index (Phi) is 3.04. The Hall–Kier alpha value is -0.680. The van der Waals surface area contributed by atoms with E-state index in [1.54, 1.807) is 22.7 Å². The Bertz CT molecular complexity index is 656. The normalized spacial score (nSPS) is 13.1. The van der Waals surface area contributed by atoms with E-state index in [2.05, 4.69) is 28.1 Å². The van der Waals surface area contributed by atoms with Crippen molar-refractivity contribution in [2.45, 2.75) is 6.10 Å². The second-order valence-electron chi connectivity index (χ2n) is 3.76. The van der Waals surface area contributed by atoms with Crippen molar-refractivity contribution in [3.63, 3.8) is 0 Å². The summed E-state index contributed by atoms with van der Waals surface area (Å²) in [6, 6.07) is 8.17. The van der Waals surface area contributed by atoms with Crippen LogP contribution in [0.4, 0.5) is 0 Å². The fourth-order valence-electron chi connectivity index (χ4n) is 1.86. The predicted molar refractivity (Wildman–Crippen MR) is 77.9 cm³/mol. The lowest BCUT2D eigenvalue weighted by atomic mass is 10.0. The number of hydrogen-bond donors (Lipinski definition) is 1. The maximum atomic E-state index is 10.4. The Balaban J connectivity index is 2.13. The van der Waals surface area contributed by atoms with Crippen LogP contribution in [0.25, 0.3) is 10.1 Å². The van der Waals surface area contributed by atoms with Gasteiger partial charge < -0.3 is 5.11 Å². The monoisotopic (exact) mass is 324 g/mol. The lowest BCUT2D eigenvalue weighted by Crippen LogP contribution is -1.97. The summed E-state index contributed by atoms with van der Waals surface area (Å²) in [6.07, 6.45) is -0.549. The van der Waals surface area contributed by atoms with Crippen LogP contribution in [-0.4, -0.2) is 5.11 Å². The number of fused-ring (bicyclic) bond motifs is 1. The fraction of sp³-hybridized carbons (Fsp3) is 0.0769. The highest BCUT2D eigenvalue weighted by molar-refractivity contribution is 9.10. The molecule has 1 atom stereocenters. The SMILES string of the molecule is OC(c1cscc1Br)c1csc2ccccc12. The quantitative estimate of drug-likeness (QED) is 0.717. The Morgan fingerprint density at radius 3 is 2.65 bits per heavy atom. The van der Waals surface area contributed by atoms with Gasteiger partial charge >= 0.3 is 0 Å². The molecule has 0 saturated heterocycles. The summed E-state index contributed by atoms with van der Waals surface area (Å²) in [5.74, 6) is 0. The number of rotatable bonds is 2. The third kappa shape index (κ3) is 1.95. The number of hydrogen-bond acceptors (Lipinski definition) is 3. The van der Waals surface area contributed by atoms with Crippen molar-refractivity contribution in [2.75, 3.05) is 0 Å². The number of aliphatic hydroxyl groups is 1. The van der Waals surface area contributed by atoms with Crippen LogP contribution in [0.5, 0.6) is 0 Å². The average molecular weight is 325 g/mol. The molecule has 4 heteroatoms. The van der Waals surface area contributed by atoms with Gasteiger partial charge in [0.2, 0.25) is 0 Å². The maximum Gasteiger partial charge on any atom is 0.107 e. The van der Waals surface area contributed by atoms with Gasteiger partial charge in [0, 0.05) is 25.7 Å². The topological polar surface area (TPSA) is 20.2 Å². The Morgan fingerprint density at radius 1 is 1.06 bits per heavy atom. The van der Waals surface area contributed by atoms with Crippen molar-refractivity contribution in [1.82, 2.24) is 0 Å². The summed E-state index contributed by atoms with van der Waals surface area (Å²) in [4.78, 5) is 0. The molecule has 3 aromatic rings. The van der Waals surface area contributed by atoms with Gasteiger partial charge in [0.25, 0.3) is 0 Å². The number of benzene rings is 1. The summed E-state index contributed by atoms with van der Waals surface area (Å²) >= 11 is 6.74. The van der Waals surface area contributed by atoms with E-state index < -0.39 is 6.10 Å². The molecular weight excluding hydrogens is 316 g/mol. The predicted octanol–water partition coefficient (Wildman–Crippen LogP) is 4.81. The van der Waals surface area contributed by atoms with Gasteiger partial charge in [0.15, 0.2) is 0 Å². The number of halogens is 1. The van der Waals surface area contributed by atoms with Crippen LogP contribution in [0, 0.1) is 0 Å². The van der Waals surface area contributed by atoms with E-state index in [1.807, 2.05) is 28.3 Å². The van der Waals surface area contributed by atoms with Gasteiger partial charge in [0.1, 0.15) is 6.10 Å². The van der Waals surface area contributed by atoms with E-state index in [0.717, 1.165) is 21.0 Å². The zero-order valence-electron chi connectivity index (χ0n) is 8.76. The van der Waals surface area contributed by atoms with Crippen LogP contribution < -0.4 is 0 Å². The molecule has 0 bridgehead atoms. The van der Waals surface area contributed by atoms with Crippen LogP contribution in [0.15, 0.2) is 44.9 Å². The van der Waals surface area contributed by atoms with Gasteiger partial charge in [-0.25, -0.2) is 0 Å². The molecule has 0 radical (unpaired) electrons. The first-order valence-electron chi connectivity index (χ1n) is 5.13. The number of thiophene rings is 2. The summed E-state index contributed by atoms with van der Waals surface area (Å²) in [7, 11) is 0. The first-order chi connectivity index (χ1) is 8.27. The van der Waals surface area contributed by atoms with Gasteiger partial charge in [-0.2, -0.15) is 11.3 Å². The summed E-state index contributed by atoms with van der Waals surface area (Å²) in [5.41, 5.74) is 1.93. The first-order valence-corrected chi connectivity index (χ1v) is 7.74. The lowest BCUT2D eigenvalue weighted by Gasteiger charge is -2.09. The highest BCUT2D eigenvalue weighted by Crippen LogP contribution is 2.37. The molecule has 0 aliphatic rings. The fourth-order valence-corrected chi connectivity index (χ4v) is 4.38. The molecule has 17 heavy (non-hydrogen) atoms. The molecule has 3 rings (SSSR count). The van der Waals surface area contributed by atoms with Crippen LogP contribution in [0.3, 0.4) is 0 Å². The van der Waals surface area contributed by atoms with Crippen molar-refractivity contribution in [1.29, 1.82) is 0 Å². The molecule has 1 aromatic carbocycles. The number of aliphatic hydroxyl groups excluding tert-OH is 1.